The lowest BCUT2D eigenvalue weighted by atomic mass is 9.96. The summed E-state index contributed by atoms with van der Waals surface area (Å²) in [5.41, 5.74) is 1.02. The number of hydrogen-bond acceptors (Lipinski definition) is 3. The molecule has 1 atom stereocenters. The molecule has 1 aliphatic carbocycles. The van der Waals surface area contributed by atoms with E-state index in [-0.39, 0.29) is 17.9 Å². The second-order valence-electron chi connectivity index (χ2n) is 7.96. The van der Waals surface area contributed by atoms with Crippen LogP contribution in [0.4, 0.5) is 4.39 Å². The Labute approximate surface area is 192 Å². The van der Waals surface area contributed by atoms with Gasteiger partial charge in [0.05, 0.1) is 10.9 Å². The molecule has 1 heterocycles. The molecule has 0 radical (unpaired) electrons. The topological polar surface area (TPSA) is 66.5 Å². The second kappa shape index (κ2) is 11.2. The maximum Gasteiger partial charge on any atom is 0.240 e. The van der Waals surface area contributed by atoms with Crippen LogP contribution < -0.4 is 4.72 Å². The number of likely N-dealkylation sites (tertiary alicyclic amines) is 1. The Bertz CT molecular complexity index is 946. The molecule has 2 fully saturated rings. The van der Waals surface area contributed by atoms with E-state index in [0.717, 1.165) is 61.5 Å². The lowest BCUT2D eigenvalue weighted by molar-refractivity contribution is -0.118. The standard InChI is InChI=1S/C12H16BrNO2S.C11H12FNO/c13-10-6-8-12(9-7-10)17(15,16)14-11-4-2-1-3-5-11;12-10-5-3-9(4-6-10)11-2-1-7-13(11)8-14/h6-9,11,14H,1-5H2;3-6,8,11H,1-2,7H2. The molecular formula is C23H28BrFN2O3S. The molecule has 1 saturated carbocycles. The van der Waals surface area contributed by atoms with E-state index in [1.807, 2.05) is 0 Å². The van der Waals surface area contributed by atoms with Gasteiger partial charge >= 0.3 is 0 Å². The van der Waals surface area contributed by atoms with Gasteiger partial charge in [-0.15, -0.1) is 0 Å². The third-order valence-corrected chi connectivity index (χ3v) is 7.80. The van der Waals surface area contributed by atoms with Gasteiger partial charge in [0, 0.05) is 17.1 Å². The molecule has 168 valence electrons. The highest BCUT2D eigenvalue weighted by atomic mass is 79.9. The predicted molar refractivity (Wildman–Crippen MR) is 122 cm³/mol. The van der Waals surface area contributed by atoms with Crippen LogP contribution in [0.15, 0.2) is 57.9 Å². The third-order valence-electron chi connectivity index (χ3n) is 5.74. The van der Waals surface area contributed by atoms with Gasteiger partial charge in [0.2, 0.25) is 16.4 Å². The molecule has 1 saturated heterocycles. The SMILES string of the molecule is O=CN1CCCC1c1ccc(F)cc1.O=S(=O)(NC1CCCCC1)c1ccc(Br)cc1. The average Bonchev–Trinajstić information content (AvgIpc) is 3.24. The van der Waals surface area contributed by atoms with E-state index in [0.29, 0.717) is 4.90 Å². The first-order chi connectivity index (χ1) is 14.9. The summed E-state index contributed by atoms with van der Waals surface area (Å²) in [6.07, 6.45) is 8.25. The first-order valence-corrected chi connectivity index (χ1v) is 12.9. The fraction of sp³-hybridized carbons (Fsp3) is 0.435. The van der Waals surface area contributed by atoms with Gasteiger partial charge in [-0.25, -0.2) is 17.5 Å². The van der Waals surface area contributed by atoms with Crippen LogP contribution in [0.25, 0.3) is 0 Å². The van der Waals surface area contributed by atoms with Gasteiger partial charge in [0.15, 0.2) is 0 Å². The fourth-order valence-electron chi connectivity index (χ4n) is 4.08. The predicted octanol–water partition coefficient (Wildman–Crippen LogP) is 5.18. The number of sulfonamides is 1. The van der Waals surface area contributed by atoms with Crippen molar-refractivity contribution in [3.8, 4) is 0 Å². The van der Waals surface area contributed by atoms with Crippen LogP contribution in [0.2, 0.25) is 0 Å². The molecule has 4 rings (SSSR count). The number of carbonyl (C=O) groups is 1. The first kappa shape index (κ1) is 23.9. The number of rotatable bonds is 5. The van der Waals surface area contributed by atoms with Gasteiger partial charge in [0.1, 0.15) is 5.82 Å². The molecule has 0 spiro atoms. The molecule has 2 aliphatic rings. The number of hydrogen-bond donors (Lipinski definition) is 1. The number of nitrogens with one attached hydrogen (secondary N) is 1. The van der Waals surface area contributed by atoms with E-state index in [9.17, 15) is 17.6 Å². The molecule has 8 heteroatoms. The van der Waals surface area contributed by atoms with Crippen LogP contribution in [0, 0.1) is 5.82 Å². The molecule has 0 bridgehead atoms. The van der Waals surface area contributed by atoms with E-state index in [1.165, 1.54) is 18.6 Å². The average molecular weight is 511 g/mol. The highest BCUT2D eigenvalue weighted by Crippen LogP contribution is 2.30. The number of amides is 1. The largest absolute Gasteiger partial charge is 0.338 e. The zero-order valence-electron chi connectivity index (χ0n) is 17.3. The maximum absolute atomic E-state index is 12.7. The number of benzene rings is 2. The Morgan fingerprint density at radius 3 is 2.19 bits per heavy atom. The van der Waals surface area contributed by atoms with E-state index in [4.69, 9.17) is 0 Å². The van der Waals surface area contributed by atoms with Crippen LogP contribution in [0.1, 0.15) is 56.6 Å². The normalized spacial score (nSPS) is 19.5. The summed E-state index contributed by atoms with van der Waals surface area (Å²) < 4.78 is 40.5. The van der Waals surface area contributed by atoms with Crippen molar-refractivity contribution < 1.29 is 17.6 Å². The monoisotopic (exact) mass is 510 g/mol. The van der Waals surface area contributed by atoms with Gasteiger partial charge in [0.25, 0.3) is 0 Å². The van der Waals surface area contributed by atoms with Gasteiger partial charge in [-0.1, -0.05) is 47.3 Å². The van der Waals surface area contributed by atoms with E-state index in [2.05, 4.69) is 20.7 Å². The maximum atomic E-state index is 12.7. The molecule has 5 nitrogen and oxygen atoms in total. The lowest BCUT2D eigenvalue weighted by Gasteiger charge is -2.22. The lowest BCUT2D eigenvalue weighted by Crippen LogP contribution is -2.36. The molecular weight excluding hydrogens is 483 g/mol. The van der Waals surface area contributed by atoms with E-state index in [1.54, 1.807) is 41.3 Å². The quantitative estimate of drug-likeness (QED) is 0.563. The Balaban J connectivity index is 0.000000179. The number of nitrogens with zero attached hydrogens (tertiary/aromatic N) is 1. The summed E-state index contributed by atoms with van der Waals surface area (Å²) in [6.45, 7) is 0.811. The first-order valence-electron chi connectivity index (χ1n) is 10.6. The molecule has 1 amide bonds. The fourth-order valence-corrected chi connectivity index (χ4v) is 5.65. The van der Waals surface area contributed by atoms with Crippen molar-refractivity contribution in [2.75, 3.05) is 6.54 Å². The molecule has 1 unspecified atom stereocenters. The molecule has 31 heavy (non-hydrogen) atoms. The van der Waals surface area contributed by atoms with E-state index >= 15 is 0 Å². The minimum absolute atomic E-state index is 0.109. The minimum Gasteiger partial charge on any atom is -0.338 e. The van der Waals surface area contributed by atoms with Gasteiger partial charge < -0.3 is 4.90 Å². The van der Waals surface area contributed by atoms with Crippen LogP contribution in [0.3, 0.4) is 0 Å². The summed E-state index contributed by atoms with van der Waals surface area (Å²) in [5.74, 6) is -0.232. The molecule has 2 aromatic carbocycles. The van der Waals surface area contributed by atoms with Gasteiger partial charge in [-0.3, -0.25) is 4.79 Å². The molecule has 2 aromatic rings. The summed E-state index contributed by atoms with van der Waals surface area (Å²) in [6, 6.07) is 13.4. The van der Waals surface area contributed by atoms with E-state index < -0.39 is 10.0 Å². The smallest absolute Gasteiger partial charge is 0.240 e. The third kappa shape index (κ3) is 6.85. The highest BCUT2D eigenvalue weighted by molar-refractivity contribution is 9.10. The molecule has 1 aliphatic heterocycles. The minimum atomic E-state index is -3.35. The van der Waals surface area contributed by atoms with Crippen molar-refractivity contribution >= 4 is 32.4 Å². The van der Waals surface area contributed by atoms with Crippen molar-refractivity contribution in [2.45, 2.75) is 61.9 Å². The van der Waals surface area contributed by atoms with Crippen molar-refractivity contribution in [1.29, 1.82) is 0 Å². The number of carbonyl (C=O) groups excluding carboxylic acids is 1. The zero-order chi connectivity index (χ0) is 22.3. The summed E-state index contributed by atoms with van der Waals surface area (Å²) >= 11 is 3.30. The summed E-state index contributed by atoms with van der Waals surface area (Å²) in [4.78, 5) is 12.8. The van der Waals surface area contributed by atoms with Crippen molar-refractivity contribution in [2.24, 2.45) is 0 Å². The molecule has 1 N–H and O–H groups in total. The Morgan fingerprint density at radius 1 is 0.935 bits per heavy atom. The van der Waals surface area contributed by atoms with Gasteiger partial charge in [-0.2, -0.15) is 0 Å². The Hall–Kier alpha value is -1.77. The van der Waals surface area contributed by atoms with Crippen molar-refractivity contribution in [1.82, 2.24) is 9.62 Å². The second-order valence-corrected chi connectivity index (χ2v) is 10.6. The molecule has 0 aromatic heterocycles. The van der Waals surface area contributed by atoms with Crippen LogP contribution >= 0.6 is 15.9 Å². The van der Waals surface area contributed by atoms with Crippen LogP contribution in [-0.2, 0) is 14.8 Å². The zero-order valence-corrected chi connectivity index (χ0v) is 19.7. The van der Waals surface area contributed by atoms with Crippen molar-refractivity contribution in [3.63, 3.8) is 0 Å². The van der Waals surface area contributed by atoms with Crippen molar-refractivity contribution in [3.05, 3.63) is 64.4 Å². The summed E-state index contributed by atoms with van der Waals surface area (Å²) in [7, 11) is -3.35. The summed E-state index contributed by atoms with van der Waals surface area (Å²) in [5, 5.41) is 0. The number of halogens is 2. The Kier molecular flexibility index (Phi) is 8.63. The highest BCUT2D eigenvalue weighted by Gasteiger charge is 2.24. The van der Waals surface area contributed by atoms with Gasteiger partial charge in [-0.05, 0) is 67.6 Å². The van der Waals surface area contributed by atoms with Crippen LogP contribution in [0.5, 0.6) is 0 Å². The Morgan fingerprint density at radius 2 is 1.58 bits per heavy atom. The van der Waals surface area contributed by atoms with Crippen LogP contribution in [-0.4, -0.2) is 32.3 Å².